The number of methoxy groups -OCH3 is 1. The van der Waals surface area contributed by atoms with E-state index in [1.54, 1.807) is 41.0 Å². The van der Waals surface area contributed by atoms with Crippen molar-refractivity contribution in [2.45, 2.75) is 0 Å². The van der Waals surface area contributed by atoms with Crippen molar-refractivity contribution < 1.29 is 14.3 Å². The maximum Gasteiger partial charge on any atom is 0.268 e. The average Bonchev–Trinajstić information content (AvgIpc) is 3.34. The second kappa shape index (κ2) is 7.47. The number of carbonyl (C=O) groups excluding carboxylic acids is 2. The number of aromatic nitrogens is 2. The Kier molecular flexibility index (Phi) is 4.87. The molecule has 0 radical (unpaired) electrons. The van der Waals surface area contributed by atoms with Crippen molar-refractivity contribution in [3.63, 3.8) is 0 Å². The van der Waals surface area contributed by atoms with Gasteiger partial charge in [0.05, 0.1) is 19.0 Å². The maximum absolute atomic E-state index is 13.1. The molecular weight excluding hydrogens is 376 g/mol. The van der Waals surface area contributed by atoms with Gasteiger partial charge in [0.2, 0.25) is 5.91 Å². The number of anilines is 1. The van der Waals surface area contributed by atoms with Crippen LogP contribution in [0.25, 0.3) is 10.4 Å². The third kappa shape index (κ3) is 3.38. The van der Waals surface area contributed by atoms with Gasteiger partial charge in [0.15, 0.2) is 0 Å². The summed E-state index contributed by atoms with van der Waals surface area (Å²) >= 11 is 1.39. The number of thiophene rings is 1. The van der Waals surface area contributed by atoms with E-state index in [0.717, 1.165) is 16.1 Å². The summed E-state index contributed by atoms with van der Waals surface area (Å²) in [5.74, 6) is 0.241. The number of ether oxygens (including phenoxy) is 1. The van der Waals surface area contributed by atoms with Crippen LogP contribution in [-0.2, 0) is 11.8 Å². The fourth-order valence-electron chi connectivity index (χ4n) is 3.23. The molecule has 0 aliphatic carbocycles. The minimum Gasteiger partial charge on any atom is -0.495 e. The standard InChI is InChI=1S/C20H20N4O3S/c1-22-12-15(11-21-22)24-9-8-23(13-18(24)25)20(26)19-16(27-2)10-17(28-19)14-6-4-3-5-7-14/h3-7,10-12H,8-9,13H2,1-2H3. The lowest BCUT2D eigenvalue weighted by atomic mass is 10.2. The van der Waals surface area contributed by atoms with Gasteiger partial charge in [0, 0.05) is 31.2 Å². The second-order valence-corrected chi connectivity index (χ2v) is 7.57. The third-order valence-electron chi connectivity index (χ3n) is 4.68. The van der Waals surface area contributed by atoms with Crippen LogP contribution in [0.2, 0.25) is 0 Å². The van der Waals surface area contributed by atoms with Crippen LogP contribution in [0.1, 0.15) is 9.67 Å². The Morgan fingerprint density at radius 1 is 1.21 bits per heavy atom. The van der Waals surface area contributed by atoms with E-state index in [4.69, 9.17) is 4.74 Å². The van der Waals surface area contributed by atoms with Gasteiger partial charge >= 0.3 is 0 Å². The quantitative estimate of drug-likeness (QED) is 0.680. The molecule has 0 unspecified atom stereocenters. The number of hydrogen-bond acceptors (Lipinski definition) is 5. The van der Waals surface area contributed by atoms with E-state index in [1.165, 1.54) is 11.3 Å². The van der Waals surface area contributed by atoms with Gasteiger partial charge in [-0.2, -0.15) is 5.10 Å². The summed E-state index contributed by atoms with van der Waals surface area (Å²) in [5.41, 5.74) is 1.78. The number of piperazine rings is 1. The summed E-state index contributed by atoms with van der Waals surface area (Å²) in [5, 5.41) is 4.11. The van der Waals surface area contributed by atoms with E-state index < -0.39 is 0 Å². The van der Waals surface area contributed by atoms with Crippen molar-refractivity contribution in [2.75, 3.05) is 31.6 Å². The van der Waals surface area contributed by atoms with E-state index in [2.05, 4.69) is 5.10 Å². The van der Waals surface area contributed by atoms with Gasteiger partial charge in [-0.15, -0.1) is 11.3 Å². The molecule has 1 aromatic carbocycles. The first-order chi connectivity index (χ1) is 13.6. The Balaban J connectivity index is 1.54. The van der Waals surface area contributed by atoms with Crippen LogP contribution in [0.15, 0.2) is 48.8 Å². The first-order valence-corrected chi connectivity index (χ1v) is 9.70. The molecule has 4 rings (SSSR count). The number of rotatable bonds is 4. The van der Waals surface area contributed by atoms with Crippen molar-refractivity contribution in [1.82, 2.24) is 14.7 Å². The minimum absolute atomic E-state index is 0.0372. The molecule has 0 atom stereocenters. The summed E-state index contributed by atoms with van der Waals surface area (Å²) in [7, 11) is 3.36. The van der Waals surface area contributed by atoms with Crippen LogP contribution >= 0.6 is 11.3 Å². The van der Waals surface area contributed by atoms with Crippen LogP contribution in [-0.4, -0.2) is 53.2 Å². The molecule has 0 bridgehead atoms. The smallest absolute Gasteiger partial charge is 0.268 e. The lowest BCUT2D eigenvalue weighted by Crippen LogP contribution is -2.52. The van der Waals surface area contributed by atoms with Crippen LogP contribution in [0.5, 0.6) is 5.75 Å². The zero-order valence-corrected chi connectivity index (χ0v) is 16.5. The highest BCUT2D eigenvalue weighted by atomic mass is 32.1. The fraction of sp³-hybridized carbons (Fsp3) is 0.250. The summed E-state index contributed by atoms with van der Waals surface area (Å²) in [6.45, 7) is 0.937. The molecule has 0 saturated carbocycles. The van der Waals surface area contributed by atoms with Crippen LogP contribution in [0, 0.1) is 0 Å². The van der Waals surface area contributed by atoms with Gasteiger partial charge in [0.1, 0.15) is 17.2 Å². The number of nitrogens with zero attached hydrogens (tertiary/aromatic N) is 4. The zero-order valence-electron chi connectivity index (χ0n) is 15.7. The molecule has 7 nitrogen and oxygen atoms in total. The molecule has 1 aliphatic heterocycles. The van der Waals surface area contributed by atoms with Crippen LogP contribution < -0.4 is 9.64 Å². The van der Waals surface area contributed by atoms with E-state index in [-0.39, 0.29) is 18.4 Å². The molecule has 1 saturated heterocycles. The molecule has 0 N–H and O–H groups in total. The van der Waals surface area contributed by atoms with Crippen molar-refractivity contribution >= 4 is 28.8 Å². The van der Waals surface area contributed by atoms with Gasteiger partial charge in [-0.25, -0.2) is 0 Å². The normalized spacial score (nSPS) is 14.4. The molecule has 3 heterocycles. The van der Waals surface area contributed by atoms with Crippen molar-refractivity contribution in [3.8, 4) is 16.2 Å². The number of amides is 2. The van der Waals surface area contributed by atoms with Crippen LogP contribution in [0.3, 0.4) is 0 Å². The molecule has 2 aromatic heterocycles. The molecule has 1 aliphatic rings. The van der Waals surface area contributed by atoms with Crippen LogP contribution in [0.4, 0.5) is 5.69 Å². The number of aryl methyl sites for hydroxylation is 1. The van der Waals surface area contributed by atoms with Gasteiger partial charge in [-0.3, -0.25) is 14.3 Å². The molecule has 0 spiro atoms. The van der Waals surface area contributed by atoms with Gasteiger partial charge in [-0.1, -0.05) is 30.3 Å². The minimum atomic E-state index is -0.178. The summed E-state index contributed by atoms with van der Waals surface area (Å²) in [6.07, 6.45) is 3.45. The predicted molar refractivity (Wildman–Crippen MR) is 108 cm³/mol. The molecule has 28 heavy (non-hydrogen) atoms. The summed E-state index contributed by atoms with van der Waals surface area (Å²) in [4.78, 5) is 30.4. The van der Waals surface area contributed by atoms with Gasteiger partial charge < -0.3 is 14.5 Å². The predicted octanol–water partition coefficient (Wildman–Crippen LogP) is 2.65. The highest BCUT2D eigenvalue weighted by Gasteiger charge is 2.31. The summed E-state index contributed by atoms with van der Waals surface area (Å²) in [6, 6.07) is 11.7. The zero-order chi connectivity index (χ0) is 19.7. The molecular formula is C20H20N4O3S. The third-order valence-corrected chi connectivity index (χ3v) is 5.83. The number of carbonyl (C=O) groups is 2. The highest BCUT2D eigenvalue weighted by molar-refractivity contribution is 7.17. The Morgan fingerprint density at radius 3 is 2.64 bits per heavy atom. The van der Waals surface area contributed by atoms with E-state index in [1.807, 2.05) is 36.4 Å². The van der Waals surface area contributed by atoms with E-state index in [9.17, 15) is 9.59 Å². The highest BCUT2D eigenvalue weighted by Crippen LogP contribution is 2.37. The maximum atomic E-state index is 13.1. The molecule has 144 valence electrons. The largest absolute Gasteiger partial charge is 0.495 e. The Hall–Kier alpha value is -3.13. The fourth-order valence-corrected chi connectivity index (χ4v) is 4.33. The topological polar surface area (TPSA) is 67.7 Å². The van der Waals surface area contributed by atoms with E-state index in [0.29, 0.717) is 23.7 Å². The molecule has 2 amide bonds. The van der Waals surface area contributed by atoms with Crippen molar-refractivity contribution in [1.29, 1.82) is 0 Å². The molecule has 3 aromatic rings. The van der Waals surface area contributed by atoms with Crippen molar-refractivity contribution in [2.24, 2.45) is 7.05 Å². The molecule has 8 heteroatoms. The Labute approximate surface area is 166 Å². The first-order valence-electron chi connectivity index (χ1n) is 8.88. The lowest BCUT2D eigenvalue weighted by molar-refractivity contribution is -0.120. The lowest BCUT2D eigenvalue weighted by Gasteiger charge is -2.33. The Bertz CT molecular complexity index is 1010. The van der Waals surface area contributed by atoms with Gasteiger partial charge in [-0.05, 0) is 11.6 Å². The number of benzene rings is 1. The SMILES string of the molecule is COc1cc(-c2ccccc2)sc1C(=O)N1CCN(c2cnn(C)c2)C(=O)C1. The first kappa shape index (κ1) is 18.2. The number of hydrogen-bond donors (Lipinski definition) is 0. The van der Waals surface area contributed by atoms with Gasteiger partial charge in [0.25, 0.3) is 5.91 Å². The summed E-state index contributed by atoms with van der Waals surface area (Å²) < 4.78 is 7.09. The van der Waals surface area contributed by atoms with E-state index >= 15 is 0 Å². The van der Waals surface area contributed by atoms with Crippen molar-refractivity contribution in [3.05, 3.63) is 53.7 Å². The second-order valence-electron chi connectivity index (χ2n) is 6.52. The Morgan fingerprint density at radius 2 is 2.00 bits per heavy atom. The monoisotopic (exact) mass is 396 g/mol. The molecule has 1 fully saturated rings. The average molecular weight is 396 g/mol.